The fraction of sp³-hybridized carbons (Fsp3) is 0.0714. The Morgan fingerprint density at radius 3 is 2.48 bits per heavy atom. The minimum atomic E-state index is -4.56. The van der Waals surface area contributed by atoms with Gasteiger partial charge in [-0.2, -0.15) is 18.2 Å². The summed E-state index contributed by atoms with van der Waals surface area (Å²) in [6.45, 7) is 0. The lowest BCUT2D eigenvalue weighted by atomic mass is 10.00. The SMILES string of the molecule is Nc1nc2c(-c3ccccc3C(F)(F)F)ccc(C(=O)O)n2n1. The minimum Gasteiger partial charge on any atom is -0.477 e. The molecule has 118 valence electrons. The van der Waals surface area contributed by atoms with Gasteiger partial charge in [-0.25, -0.2) is 9.31 Å². The minimum absolute atomic E-state index is 0.0564. The highest BCUT2D eigenvalue weighted by Gasteiger charge is 2.34. The highest BCUT2D eigenvalue weighted by molar-refractivity contribution is 5.90. The van der Waals surface area contributed by atoms with E-state index in [9.17, 15) is 18.0 Å². The molecule has 1 aromatic carbocycles. The second kappa shape index (κ2) is 4.97. The summed E-state index contributed by atoms with van der Waals surface area (Å²) in [5, 5.41) is 12.9. The van der Waals surface area contributed by atoms with Crippen molar-refractivity contribution in [2.75, 3.05) is 5.73 Å². The third-order valence-corrected chi connectivity index (χ3v) is 3.24. The van der Waals surface area contributed by atoms with E-state index in [1.807, 2.05) is 0 Å². The van der Waals surface area contributed by atoms with Gasteiger partial charge in [0.15, 0.2) is 11.3 Å². The predicted octanol–water partition coefficient (Wildman–Crippen LogP) is 2.70. The Hall–Kier alpha value is -3.10. The van der Waals surface area contributed by atoms with Gasteiger partial charge in [-0.1, -0.05) is 18.2 Å². The molecule has 0 saturated heterocycles. The van der Waals surface area contributed by atoms with E-state index in [0.717, 1.165) is 16.6 Å². The molecule has 0 radical (unpaired) electrons. The van der Waals surface area contributed by atoms with Crippen molar-refractivity contribution in [1.82, 2.24) is 14.6 Å². The fourth-order valence-electron chi connectivity index (χ4n) is 2.32. The summed E-state index contributed by atoms with van der Waals surface area (Å²) in [7, 11) is 0. The summed E-state index contributed by atoms with van der Waals surface area (Å²) >= 11 is 0. The Balaban J connectivity index is 2.35. The molecule has 2 heterocycles. The Labute approximate surface area is 127 Å². The fourth-order valence-corrected chi connectivity index (χ4v) is 2.32. The summed E-state index contributed by atoms with van der Waals surface area (Å²) in [6, 6.07) is 7.36. The number of benzene rings is 1. The molecule has 0 unspecified atom stereocenters. The van der Waals surface area contributed by atoms with Crippen molar-refractivity contribution >= 4 is 17.6 Å². The Bertz CT molecular complexity index is 918. The zero-order valence-corrected chi connectivity index (χ0v) is 11.4. The number of carboxylic acid groups (broad SMARTS) is 1. The van der Waals surface area contributed by atoms with Gasteiger partial charge in [0.25, 0.3) is 0 Å². The van der Waals surface area contributed by atoms with E-state index in [4.69, 9.17) is 10.8 Å². The molecule has 0 fully saturated rings. The third kappa shape index (κ3) is 2.45. The van der Waals surface area contributed by atoms with Crippen LogP contribution >= 0.6 is 0 Å². The van der Waals surface area contributed by atoms with Crippen molar-refractivity contribution in [2.45, 2.75) is 6.18 Å². The number of fused-ring (bicyclic) bond motifs is 1. The smallest absolute Gasteiger partial charge is 0.417 e. The molecule has 0 bridgehead atoms. The average Bonchev–Trinajstić information content (AvgIpc) is 2.86. The number of carboxylic acids is 1. The van der Waals surface area contributed by atoms with E-state index < -0.39 is 17.7 Å². The van der Waals surface area contributed by atoms with E-state index in [1.165, 1.54) is 24.3 Å². The van der Waals surface area contributed by atoms with E-state index in [0.29, 0.717) is 0 Å². The molecule has 0 saturated carbocycles. The van der Waals surface area contributed by atoms with Crippen LogP contribution < -0.4 is 5.73 Å². The number of carbonyl (C=O) groups is 1. The number of aromatic nitrogens is 3. The van der Waals surface area contributed by atoms with Gasteiger partial charge in [0.05, 0.1) is 5.56 Å². The van der Waals surface area contributed by atoms with Crippen LogP contribution in [0.25, 0.3) is 16.8 Å². The number of halogens is 3. The first-order valence-electron chi connectivity index (χ1n) is 6.34. The van der Waals surface area contributed by atoms with Gasteiger partial charge in [-0.3, -0.25) is 0 Å². The number of alkyl halides is 3. The molecule has 3 N–H and O–H groups in total. The van der Waals surface area contributed by atoms with Gasteiger partial charge in [-0.15, -0.1) is 5.10 Å². The zero-order chi connectivity index (χ0) is 16.8. The van der Waals surface area contributed by atoms with Crippen LogP contribution in [0.2, 0.25) is 0 Å². The number of nitrogen functional groups attached to an aromatic ring is 1. The highest BCUT2D eigenvalue weighted by Crippen LogP contribution is 2.38. The maximum Gasteiger partial charge on any atom is 0.417 e. The first-order chi connectivity index (χ1) is 10.8. The van der Waals surface area contributed by atoms with Crippen LogP contribution in [0, 0.1) is 0 Å². The van der Waals surface area contributed by atoms with Gasteiger partial charge in [0, 0.05) is 5.56 Å². The molecule has 0 aliphatic rings. The summed E-state index contributed by atoms with van der Waals surface area (Å²) < 4.78 is 40.5. The van der Waals surface area contributed by atoms with Crippen LogP contribution in [-0.2, 0) is 6.18 Å². The molecular weight excluding hydrogens is 313 g/mol. The third-order valence-electron chi connectivity index (χ3n) is 3.24. The van der Waals surface area contributed by atoms with Crippen molar-refractivity contribution in [3.8, 4) is 11.1 Å². The van der Waals surface area contributed by atoms with Gasteiger partial charge in [0.1, 0.15) is 0 Å². The largest absolute Gasteiger partial charge is 0.477 e. The molecule has 0 aliphatic carbocycles. The Morgan fingerprint density at radius 1 is 1.13 bits per heavy atom. The molecule has 0 amide bonds. The normalized spacial score (nSPS) is 11.8. The lowest BCUT2D eigenvalue weighted by Gasteiger charge is -2.13. The Kier molecular flexibility index (Phi) is 3.20. The van der Waals surface area contributed by atoms with Crippen LogP contribution in [0.1, 0.15) is 16.1 Å². The van der Waals surface area contributed by atoms with Crippen LogP contribution in [0.15, 0.2) is 36.4 Å². The molecule has 2 aromatic heterocycles. The molecule has 0 aliphatic heterocycles. The number of pyridine rings is 1. The number of aromatic carboxylic acids is 1. The lowest BCUT2D eigenvalue weighted by Crippen LogP contribution is -2.09. The standard InChI is InChI=1S/C14H9F3N4O2/c15-14(16,17)9-4-2-1-3-7(9)8-5-6-10(12(22)23)21-11(8)19-13(18)20-21/h1-6H,(H2,18,20)(H,22,23). The van der Waals surface area contributed by atoms with Gasteiger partial charge >= 0.3 is 12.1 Å². The molecule has 3 aromatic rings. The number of nitrogens with zero attached hydrogens (tertiary/aromatic N) is 3. The molecule has 23 heavy (non-hydrogen) atoms. The average molecular weight is 322 g/mol. The van der Waals surface area contributed by atoms with Crippen molar-refractivity contribution in [3.63, 3.8) is 0 Å². The number of nitrogens with two attached hydrogens (primary N) is 1. The molecule has 0 atom stereocenters. The number of hydrogen-bond acceptors (Lipinski definition) is 4. The first-order valence-corrected chi connectivity index (χ1v) is 6.34. The molecular formula is C14H9F3N4O2. The summed E-state index contributed by atoms with van der Waals surface area (Å²) in [6.07, 6.45) is -4.56. The molecule has 9 heteroatoms. The maximum absolute atomic E-state index is 13.2. The van der Waals surface area contributed by atoms with Crippen LogP contribution in [0.3, 0.4) is 0 Å². The first kappa shape index (κ1) is 14.8. The number of anilines is 1. The van der Waals surface area contributed by atoms with Crippen LogP contribution in [-0.4, -0.2) is 25.7 Å². The second-order valence-corrected chi connectivity index (χ2v) is 4.69. The topological polar surface area (TPSA) is 93.5 Å². The highest BCUT2D eigenvalue weighted by atomic mass is 19.4. The van der Waals surface area contributed by atoms with Crippen molar-refractivity contribution in [1.29, 1.82) is 0 Å². The van der Waals surface area contributed by atoms with E-state index >= 15 is 0 Å². The van der Waals surface area contributed by atoms with Crippen molar-refractivity contribution in [3.05, 3.63) is 47.7 Å². The molecule has 0 spiro atoms. The summed E-state index contributed by atoms with van der Waals surface area (Å²) in [5.41, 5.74) is 4.27. The van der Waals surface area contributed by atoms with Crippen molar-refractivity contribution in [2.24, 2.45) is 0 Å². The van der Waals surface area contributed by atoms with E-state index in [2.05, 4.69) is 10.1 Å². The van der Waals surface area contributed by atoms with Gasteiger partial charge in [0.2, 0.25) is 5.95 Å². The van der Waals surface area contributed by atoms with Crippen LogP contribution in [0.5, 0.6) is 0 Å². The summed E-state index contributed by atoms with van der Waals surface area (Å²) in [4.78, 5) is 15.0. The van der Waals surface area contributed by atoms with E-state index in [1.54, 1.807) is 0 Å². The monoisotopic (exact) mass is 322 g/mol. The van der Waals surface area contributed by atoms with Gasteiger partial charge < -0.3 is 10.8 Å². The molecule has 3 rings (SSSR count). The quantitative estimate of drug-likeness (QED) is 0.756. The second-order valence-electron chi connectivity index (χ2n) is 4.69. The predicted molar refractivity (Wildman–Crippen MR) is 74.8 cm³/mol. The molecule has 6 nitrogen and oxygen atoms in total. The number of rotatable bonds is 2. The van der Waals surface area contributed by atoms with Crippen LogP contribution in [0.4, 0.5) is 19.1 Å². The van der Waals surface area contributed by atoms with Gasteiger partial charge in [-0.05, 0) is 23.8 Å². The number of hydrogen-bond donors (Lipinski definition) is 2. The van der Waals surface area contributed by atoms with E-state index in [-0.39, 0.29) is 28.4 Å². The summed E-state index contributed by atoms with van der Waals surface area (Å²) in [5.74, 6) is -1.53. The zero-order valence-electron chi connectivity index (χ0n) is 11.4. The maximum atomic E-state index is 13.2. The lowest BCUT2D eigenvalue weighted by molar-refractivity contribution is -0.137. The Morgan fingerprint density at radius 2 is 1.83 bits per heavy atom. The van der Waals surface area contributed by atoms with Crippen molar-refractivity contribution < 1.29 is 23.1 Å².